The number of rotatable bonds is 3. The summed E-state index contributed by atoms with van der Waals surface area (Å²) in [5.74, 6) is 4.17. The van der Waals surface area contributed by atoms with Gasteiger partial charge in [0.25, 0.3) is 0 Å². The van der Waals surface area contributed by atoms with Crippen LogP contribution in [0.5, 0.6) is 11.5 Å². The molecular formula is C44H56N6O5. The molecule has 8 aliphatic rings. The van der Waals surface area contributed by atoms with E-state index in [9.17, 15) is 19.5 Å². The number of hydrogen-bond acceptors (Lipinski definition) is 7. The van der Waals surface area contributed by atoms with Crippen LogP contribution in [0.25, 0.3) is 21.8 Å². The van der Waals surface area contributed by atoms with Crippen molar-refractivity contribution < 1.29 is 24.2 Å². The second-order valence-corrected chi connectivity index (χ2v) is 17.2. The zero-order valence-electron chi connectivity index (χ0n) is 32.9. The van der Waals surface area contributed by atoms with Crippen molar-refractivity contribution in [1.29, 1.82) is 0 Å². The highest BCUT2D eigenvalue weighted by Gasteiger charge is 2.51. The number of aromatic hydroxyl groups is 1. The van der Waals surface area contributed by atoms with Gasteiger partial charge in [-0.2, -0.15) is 0 Å². The van der Waals surface area contributed by atoms with E-state index in [1.807, 2.05) is 33.4 Å². The average molecular weight is 749 g/mol. The van der Waals surface area contributed by atoms with Crippen LogP contribution in [-0.4, -0.2) is 94.4 Å². The van der Waals surface area contributed by atoms with Crippen molar-refractivity contribution in [2.24, 2.45) is 23.7 Å². The summed E-state index contributed by atoms with van der Waals surface area (Å²) in [6, 6.07) is 12.0. The topological polar surface area (TPSA) is 121 Å². The van der Waals surface area contributed by atoms with Crippen molar-refractivity contribution in [3.05, 3.63) is 58.9 Å². The number of esters is 1. The third kappa shape index (κ3) is 5.78. The van der Waals surface area contributed by atoms with Crippen LogP contribution >= 0.6 is 0 Å². The van der Waals surface area contributed by atoms with Gasteiger partial charge in [0.15, 0.2) is 0 Å². The first-order valence-corrected chi connectivity index (χ1v) is 20.8. The van der Waals surface area contributed by atoms with Gasteiger partial charge in [0.05, 0.1) is 11.0 Å². The third-order valence-corrected chi connectivity index (χ3v) is 14.4. The van der Waals surface area contributed by atoms with Crippen LogP contribution < -0.4 is 15.4 Å². The van der Waals surface area contributed by atoms with Crippen LogP contribution in [0.2, 0.25) is 0 Å². The van der Waals surface area contributed by atoms with Gasteiger partial charge in [-0.25, -0.2) is 9.59 Å². The van der Waals surface area contributed by atoms with Gasteiger partial charge in [-0.05, 0) is 110 Å². The highest BCUT2D eigenvalue weighted by molar-refractivity contribution is 5.97. The molecule has 8 heterocycles. The summed E-state index contributed by atoms with van der Waals surface area (Å²) in [5, 5.41) is 17.8. The molecule has 12 rings (SSSR count). The number of phenolic OH excluding ortho intramolecular Hbond substituents is 1. The summed E-state index contributed by atoms with van der Waals surface area (Å²) >= 11 is 0. The minimum Gasteiger partial charge on any atom is -0.508 e. The number of phenols is 1. The van der Waals surface area contributed by atoms with Gasteiger partial charge in [0, 0.05) is 93.3 Å². The fourth-order valence-corrected chi connectivity index (χ4v) is 12.6. The summed E-state index contributed by atoms with van der Waals surface area (Å²) in [4.78, 5) is 42.7. The zero-order valence-corrected chi connectivity index (χ0v) is 32.9. The van der Waals surface area contributed by atoms with E-state index in [1.54, 1.807) is 26.2 Å². The summed E-state index contributed by atoms with van der Waals surface area (Å²) in [5.41, 5.74) is 6.76. The summed E-state index contributed by atoms with van der Waals surface area (Å²) in [6.07, 6.45) is 9.29. The average Bonchev–Trinajstić information content (AvgIpc) is 3.61. The molecule has 2 amide bonds. The predicted octanol–water partition coefficient (Wildman–Crippen LogP) is 6.81. The smallest absolute Gasteiger partial charge is 0.326 e. The quantitative estimate of drug-likeness (QED) is 0.156. The van der Waals surface area contributed by atoms with Gasteiger partial charge in [-0.1, -0.05) is 26.7 Å². The Morgan fingerprint density at radius 3 is 1.69 bits per heavy atom. The Balaban J connectivity index is 0.000000145. The minimum absolute atomic E-state index is 0.0649. The third-order valence-electron chi connectivity index (χ3n) is 14.4. The number of carbonyl (C=O) groups is 3. The van der Waals surface area contributed by atoms with Gasteiger partial charge in [0.2, 0.25) is 0 Å². The molecule has 2 aliphatic carbocycles. The molecule has 3 N–H and O–H groups in total. The van der Waals surface area contributed by atoms with Crippen LogP contribution in [-0.2, 0) is 17.6 Å². The molecule has 4 unspecified atom stereocenters. The molecule has 292 valence electrons. The maximum atomic E-state index is 13.0. The lowest BCUT2D eigenvalue weighted by Gasteiger charge is -2.53. The van der Waals surface area contributed by atoms with Gasteiger partial charge in [-0.3, -0.25) is 23.7 Å². The lowest BCUT2D eigenvalue weighted by atomic mass is 9.65. The van der Waals surface area contributed by atoms with E-state index in [0.717, 1.165) is 66.0 Å². The molecule has 8 bridgehead atoms. The first-order valence-electron chi connectivity index (χ1n) is 20.8. The Hall–Kier alpha value is -4.35. The molecule has 0 radical (unpaired) electrons. The molecular weight excluding hydrogens is 693 g/mol. The highest BCUT2D eigenvalue weighted by atomic mass is 16.5. The molecule has 4 aromatic rings. The van der Waals surface area contributed by atoms with E-state index in [-0.39, 0.29) is 23.8 Å². The molecule has 6 fully saturated rings. The molecule has 0 spiro atoms. The van der Waals surface area contributed by atoms with E-state index in [0.29, 0.717) is 41.5 Å². The number of aromatic nitrogens is 2. The molecule has 2 saturated carbocycles. The zero-order chi connectivity index (χ0) is 38.3. The maximum Gasteiger partial charge on any atom is 0.326 e. The Morgan fingerprint density at radius 1 is 0.727 bits per heavy atom. The number of nitrogens with one attached hydrogen (secondary N) is 2. The molecule has 11 heteroatoms. The number of carbonyl (C=O) groups excluding carboxylic acids is 3. The second-order valence-electron chi connectivity index (χ2n) is 17.2. The Morgan fingerprint density at radius 2 is 1.22 bits per heavy atom. The van der Waals surface area contributed by atoms with E-state index in [1.165, 1.54) is 74.6 Å². The number of ether oxygens (including phenoxy) is 1. The molecule has 11 nitrogen and oxygen atoms in total. The summed E-state index contributed by atoms with van der Waals surface area (Å²) in [6.45, 7) is 10.5. The Labute approximate surface area is 323 Å². The van der Waals surface area contributed by atoms with Crippen LogP contribution in [0.1, 0.15) is 93.6 Å². The van der Waals surface area contributed by atoms with Crippen molar-refractivity contribution in [3.8, 4) is 11.5 Å². The maximum absolute atomic E-state index is 13.0. The van der Waals surface area contributed by atoms with E-state index in [4.69, 9.17) is 4.74 Å². The number of fused-ring (bicyclic) bond motifs is 8. The number of piperidine rings is 4. The summed E-state index contributed by atoms with van der Waals surface area (Å²) in [7, 11) is 3.39. The first-order chi connectivity index (χ1) is 26.6. The van der Waals surface area contributed by atoms with Crippen molar-refractivity contribution in [2.45, 2.75) is 96.1 Å². The second kappa shape index (κ2) is 14.0. The lowest BCUT2D eigenvalue weighted by Crippen LogP contribution is -2.56. The van der Waals surface area contributed by atoms with Crippen molar-refractivity contribution in [2.75, 3.05) is 40.3 Å². The van der Waals surface area contributed by atoms with Crippen LogP contribution in [0, 0.1) is 23.7 Å². The van der Waals surface area contributed by atoms with Crippen LogP contribution in [0.15, 0.2) is 36.4 Å². The first kappa shape index (κ1) is 36.3. The van der Waals surface area contributed by atoms with Gasteiger partial charge in [-0.15, -0.1) is 0 Å². The largest absolute Gasteiger partial charge is 0.508 e. The molecule has 10 atom stereocenters. The molecule has 2 aromatic carbocycles. The standard InChI is InChI=1S/C23H29N3O3.C21H27N3O2/c1-4-15-9-14-10-19-21(15)25(12-14)8-7-17-18-11-16(29-13(2)27)5-6-20(18)26(22(17)19)23(28)24-3;1-3-13-8-12-9-17-19(13)23(11-12)7-6-15-16-10-14(25)4-5-18(16)24(20(15)17)21(26)22-2/h5-6,11,14-15,19,21H,4,7-10,12H2,1-3H3,(H,24,28);4-5,10,12-13,17,19,25H,3,6-9,11H2,1-2H3,(H,22,26)/t14-,15-,19+,21?;12-,13-,17+,19?/m00/s1. The predicted molar refractivity (Wildman–Crippen MR) is 213 cm³/mol. The number of hydrogen-bond donors (Lipinski definition) is 3. The highest BCUT2D eigenvalue weighted by Crippen LogP contribution is 2.53. The van der Waals surface area contributed by atoms with Gasteiger partial charge >= 0.3 is 18.0 Å². The normalized spacial score (nSPS) is 31.1. The van der Waals surface area contributed by atoms with Crippen molar-refractivity contribution in [1.82, 2.24) is 29.6 Å². The Bertz CT molecular complexity index is 2190. The Kier molecular flexibility index (Phi) is 9.23. The van der Waals surface area contributed by atoms with E-state index in [2.05, 4.69) is 34.3 Å². The van der Waals surface area contributed by atoms with Crippen molar-refractivity contribution >= 4 is 39.8 Å². The minimum atomic E-state index is -0.328. The monoisotopic (exact) mass is 748 g/mol. The summed E-state index contributed by atoms with van der Waals surface area (Å²) < 4.78 is 9.17. The number of benzene rings is 2. The SMILES string of the molecule is CC[C@H]1C[C@H]2C[C@H]3c4c(c5cc(O)ccc5n4C(=O)NC)CCN(C2)C13.CC[C@H]1C[C@H]2C[C@H]3c4c(c5cc(OC(C)=O)ccc5n4C(=O)NC)CCN(C2)C13. The molecule has 55 heavy (non-hydrogen) atoms. The van der Waals surface area contributed by atoms with E-state index >= 15 is 0 Å². The van der Waals surface area contributed by atoms with Gasteiger partial charge in [0.1, 0.15) is 11.5 Å². The lowest BCUT2D eigenvalue weighted by molar-refractivity contribution is -0.131. The fourth-order valence-electron chi connectivity index (χ4n) is 12.6. The van der Waals surface area contributed by atoms with E-state index < -0.39 is 0 Å². The fraction of sp³-hybridized carbons (Fsp3) is 0.568. The molecule has 6 aliphatic heterocycles. The number of amides is 2. The van der Waals surface area contributed by atoms with Gasteiger partial charge < -0.3 is 20.5 Å². The number of nitrogens with zero attached hydrogens (tertiary/aromatic N) is 4. The molecule has 2 aromatic heterocycles. The molecule has 4 saturated heterocycles. The van der Waals surface area contributed by atoms with Crippen LogP contribution in [0.3, 0.4) is 0 Å². The van der Waals surface area contributed by atoms with Crippen LogP contribution in [0.4, 0.5) is 9.59 Å². The van der Waals surface area contributed by atoms with Crippen molar-refractivity contribution in [3.63, 3.8) is 0 Å².